The van der Waals surface area contributed by atoms with E-state index in [1.54, 1.807) is 0 Å². The highest BCUT2D eigenvalue weighted by atomic mass is 35.5. The number of likely N-dealkylation sites (tertiary alicyclic amines) is 1. The normalized spacial score (nSPS) is 15.5. The molecule has 0 N–H and O–H groups in total. The Morgan fingerprint density at radius 3 is 2.33 bits per heavy atom. The Hall–Kier alpha value is -2.17. The van der Waals surface area contributed by atoms with E-state index in [2.05, 4.69) is 73.3 Å². The van der Waals surface area contributed by atoms with E-state index in [4.69, 9.17) is 9.97 Å². The van der Waals surface area contributed by atoms with Crippen molar-refractivity contribution in [1.82, 2.24) is 14.9 Å². The van der Waals surface area contributed by atoms with Crippen molar-refractivity contribution in [1.29, 1.82) is 0 Å². The fourth-order valence-corrected chi connectivity index (χ4v) is 3.72. The maximum absolute atomic E-state index is 5.00. The van der Waals surface area contributed by atoms with Crippen molar-refractivity contribution < 1.29 is 12.4 Å². The van der Waals surface area contributed by atoms with Gasteiger partial charge in [0.05, 0.1) is 5.52 Å². The van der Waals surface area contributed by atoms with E-state index >= 15 is 0 Å². The minimum atomic E-state index is 0. The van der Waals surface area contributed by atoms with Gasteiger partial charge in [-0.3, -0.25) is 0 Å². The van der Waals surface area contributed by atoms with Crippen LogP contribution in [0.3, 0.4) is 0 Å². The molecular weight excluding hydrogens is 356 g/mol. The molecule has 0 spiro atoms. The maximum atomic E-state index is 5.00. The van der Waals surface area contributed by atoms with Crippen LogP contribution in [0.1, 0.15) is 18.4 Å². The van der Waals surface area contributed by atoms with E-state index < -0.39 is 0 Å². The molecule has 0 atom stereocenters. The van der Waals surface area contributed by atoms with Crippen LogP contribution in [0.2, 0.25) is 0 Å². The van der Waals surface area contributed by atoms with Crippen LogP contribution in [-0.2, 0) is 0 Å². The number of halogens is 1. The third-order valence-electron chi connectivity index (χ3n) is 5.46. The molecule has 1 aliphatic heterocycles. The molecule has 1 aliphatic rings. The van der Waals surface area contributed by atoms with E-state index in [-0.39, 0.29) is 12.4 Å². The Kier molecular flexibility index (Phi) is 5.98. The summed E-state index contributed by atoms with van der Waals surface area (Å²) in [5, 5.41) is 1.13. The van der Waals surface area contributed by atoms with Crippen molar-refractivity contribution >= 4 is 16.7 Å². The van der Waals surface area contributed by atoms with Gasteiger partial charge < -0.3 is 22.2 Å². The van der Waals surface area contributed by atoms with Gasteiger partial charge >= 0.3 is 0 Å². The highest BCUT2D eigenvalue weighted by Crippen LogP contribution is 2.30. The summed E-state index contributed by atoms with van der Waals surface area (Å²) in [6, 6.07) is 17.3. The van der Waals surface area contributed by atoms with Gasteiger partial charge in [0.25, 0.3) is 0 Å². The number of aromatic nitrogens is 2. The SMILES string of the molecule is Cc1ccc(-c2nc(N(C)C3CCN(C)CC3)c3ccccc3n2)cc1.[Cl-]. The molecule has 1 saturated heterocycles. The lowest BCUT2D eigenvalue weighted by atomic mass is 10.0. The van der Waals surface area contributed by atoms with Crippen LogP contribution in [0.25, 0.3) is 22.3 Å². The van der Waals surface area contributed by atoms with Gasteiger partial charge in [-0.25, -0.2) is 9.97 Å². The van der Waals surface area contributed by atoms with Gasteiger partial charge in [-0.05, 0) is 52.0 Å². The van der Waals surface area contributed by atoms with Crippen molar-refractivity contribution in [3.63, 3.8) is 0 Å². The molecule has 5 heteroatoms. The van der Waals surface area contributed by atoms with Gasteiger partial charge in [0.1, 0.15) is 5.82 Å². The van der Waals surface area contributed by atoms with Crippen LogP contribution in [0.5, 0.6) is 0 Å². The van der Waals surface area contributed by atoms with Crippen LogP contribution in [0.15, 0.2) is 48.5 Å². The zero-order chi connectivity index (χ0) is 18.1. The molecule has 4 nitrogen and oxygen atoms in total. The van der Waals surface area contributed by atoms with Gasteiger partial charge in [0, 0.05) is 24.0 Å². The first-order chi connectivity index (χ1) is 12.6. The first-order valence-corrected chi connectivity index (χ1v) is 9.37. The molecule has 142 valence electrons. The molecular formula is C22H26ClN4-. The maximum Gasteiger partial charge on any atom is 0.162 e. The van der Waals surface area contributed by atoms with Crippen molar-refractivity contribution in [3.8, 4) is 11.4 Å². The second kappa shape index (κ2) is 8.24. The molecule has 0 saturated carbocycles. The molecule has 0 unspecified atom stereocenters. The standard InChI is InChI=1S/C22H26N4.ClH/c1-16-8-10-17(11-9-16)21-23-20-7-5-4-6-19(20)22(24-21)26(3)18-12-14-25(2)15-13-18;/h4-11,18H,12-15H2,1-3H3;1H/p-1. The lowest BCUT2D eigenvalue weighted by molar-refractivity contribution is -0.00000548. The number of nitrogens with zero attached hydrogens (tertiary/aromatic N) is 4. The zero-order valence-corrected chi connectivity index (χ0v) is 16.9. The Morgan fingerprint density at radius 1 is 0.963 bits per heavy atom. The van der Waals surface area contributed by atoms with E-state index in [1.807, 2.05) is 6.07 Å². The quantitative estimate of drug-likeness (QED) is 0.681. The largest absolute Gasteiger partial charge is 1.00 e. The summed E-state index contributed by atoms with van der Waals surface area (Å²) < 4.78 is 0. The summed E-state index contributed by atoms with van der Waals surface area (Å²) in [6.45, 7) is 4.38. The molecule has 3 aromatic rings. The van der Waals surface area contributed by atoms with E-state index in [9.17, 15) is 0 Å². The van der Waals surface area contributed by atoms with Crippen molar-refractivity contribution in [3.05, 3.63) is 54.1 Å². The number of benzene rings is 2. The molecule has 27 heavy (non-hydrogen) atoms. The second-order valence-electron chi connectivity index (χ2n) is 7.40. The van der Waals surface area contributed by atoms with Crippen molar-refractivity contribution in [2.45, 2.75) is 25.8 Å². The topological polar surface area (TPSA) is 32.3 Å². The Balaban J connectivity index is 0.00000210. The summed E-state index contributed by atoms with van der Waals surface area (Å²) in [4.78, 5) is 14.6. The van der Waals surface area contributed by atoms with Gasteiger partial charge in [0.15, 0.2) is 5.82 Å². The van der Waals surface area contributed by atoms with E-state index in [0.717, 1.165) is 41.2 Å². The monoisotopic (exact) mass is 381 g/mol. The first kappa shape index (κ1) is 19.6. The minimum Gasteiger partial charge on any atom is -1.00 e. The number of fused-ring (bicyclic) bond motifs is 1. The summed E-state index contributed by atoms with van der Waals surface area (Å²) in [7, 11) is 4.38. The highest BCUT2D eigenvalue weighted by molar-refractivity contribution is 5.91. The van der Waals surface area contributed by atoms with E-state index in [1.165, 1.54) is 18.4 Å². The number of anilines is 1. The number of piperidine rings is 1. The van der Waals surface area contributed by atoms with Crippen LogP contribution in [0, 0.1) is 6.92 Å². The van der Waals surface area contributed by atoms with Crippen molar-refractivity contribution in [2.24, 2.45) is 0 Å². The number of rotatable bonds is 3. The summed E-state index contributed by atoms with van der Waals surface area (Å²) in [6.07, 6.45) is 2.34. The number of para-hydroxylation sites is 1. The summed E-state index contributed by atoms with van der Waals surface area (Å²) in [5.74, 6) is 1.85. The minimum absolute atomic E-state index is 0. The van der Waals surface area contributed by atoms with Crippen LogP contribution in [0.4, 0.5) is 5.82 Å². The van der Waals surface area contributed by atoms with Crippen LogP contribution in [-0.4, -0.2) is 48.1 Å². The smallest absolute Gasteiger partial charge is 0.162 e. The molecule has 1 fully saturated rings. The fraction of sp³-hybridized carbons (Fsp3) is 0.364. The summed E-state index contributed by atoms with van der Waals surface area (Å²) in [5.41, 5.74) is 3.32. The van der Waals surface area contributed by atoms with Crippen LogP contribution >= 0.6 is 0 Å². The highest BCUT2D eigenvalue weighted by Gasteiger charge is 2.23. The fourth-order valence-electron chi connectivity index (χ4n) is 3.72. The average molecular weight is 382 g/mol. The second-order valence-corrected chi connectivity index (χ2v) is 7.40. The Labute approximate surface area is 167 Å². The number of hydrogen-bond acceptors (Lipinski definition) is 4. The molecule has 0 bridgehead atoms. The molecule has 4 rings (SSSR count). The van der Waals surface area contributed by atoms with Gasteiger partial charge in [-0.2, -0.15) is 0 Å². The molecule has 0 radical (unpaired) electrons. The van der Waals surface area contributed by atoms with E-state index in [0.29, 0.717) is 6.04 Å². The van der Waals surface area contributed by atoms with Gasteiger partial charge in [0.2, 0.25) is 0 Å². The summed E-state index contributed by atoms with van der Waals surface area (Å²) >= 11 is 0. The van der Waals surface area contributed by atoms with Crippen LogP contribution < -0.4 is 17.3 Å². The van der Waals surface area contributed by atoms with Crippen molar-refractivity contribution in [2.75, 3.05) is 32.1 Å². The Morgan fingerprint density at radius 2 is 1.63 bits per heavy atom. The third kappa shape index (κ3) is 4.07. The van der Waals surface area contributed by atoms with Gasteiger partial charge in [-0.1, -0.05) is 42.0 Å². The molecule has 0 aliphatic carbocycles. The third-order valence-corrected chi connectivity index (χ3v) is 5.46. The first-order valence-electron chi connectivity index (χ1n) is 9.37. The predicted molar refractivity (Wildman–Crippen MR) is 109 cm³/mol. The number of hydrogen-bond donors (Lipinski definition) is 0. The molecule has 0 amide bonds. The zero-order valence-electron chi connectivity index (χ0n) is 16.2. The van der Waals surface area contributed by atoms with Gasteiger partial charge in [-0.15, -0.1) is 0 Å². The Bertz CT molecular complexity index is 902. The average Bonchev–Trinajstić information content (AvgIpc) is 2.68. The molecule has 1 aromatic heterocycles. The molecule has 2 heterocycles. The lowest BCUT2D eigenvalue weighted by Gasteiger charge is -2.36. The number of aryl methyl sites for hydroxylation is 1. The lowest BCUT2D eigenvalue weighted by Crippen LogP contribution is -3.00. The molecule has 2 aromatic carbocycles. The predicted octanol–water partition coefficient (Wildman–Crippen LogP) is 1.14.